The number of benzene rings is 2. The van der Waals surface area contributed by atoms with Crippen molar-refractivity contribution in [3.05, 3.63) is 53.6 Å². The average molecular weight is 419 g/mol. The summed E-state index contributed by atoms with van der Waals surface area (Å²) in [6, 6.07) is 12.0. The van der Waals surface area contributed by atoms with E-state index in [4.69, 9.17) is 9.47 Å². The molecule has 0 aromatic heterocycles. The molecule has 1 saturated heterocycles. The zero-order valence-electron chi connectivity index (χ0n) is 16.7. The molecule has 3 rings (SSSR count). The van der Waals surface area contributed by atoms with Crippen LogP contribution >= 0.6 is 0 Å². The van der Waals surface area contributed by atoms with E-state index < -0.39 is 10.0 Å². The molecule has 0 spiro atoms. The van der Waals surface area contributed by atoms with E-state index in [1.165, 1.54) is 29.6 Å². The first-order chi connectivity index (χ1) is 14.0. The third-order valence-electron chi connectivity index (χ3n) is 4.98. The van der Waals surface area contributed by atoms with Gasteiger partial charge in [-0.2, -0.15) is 4.31 Å². The predicted molar refractivity (Wildman–Crippen MR) is 110 cm³/mol. The van der Waals surface area contributed by atoms with Crippen molar-refractivity contribution >= 4 is 15.9 Å². The summed E-state index contributed by atoms with van der Waals surface area (Å²) in [4.78, 5) is 12.8. The number of methoxy groups -OCH3 is 2. The topological polar surface area (TPSA) is 84.9 Å². The van der Waals surface area contributed by atoms with E-state index in [2.05, 4.69) is 5.32 Å². The van der Waals surface area contributed by atoms with Crippen molar-refractivity contribution in [2.75, 3.05) is 33.9 Å². The smallest absolute Gasteiger partial charge is 0.255 e. The van der Waals surface area contributed by atoms with Crippen molar-refractivity contribution in [3.63, 3.8) is 0 Å². The maximum Gasteiger partial charge on any atom is 0.255 e. The first-order valence-corrected chi connectivity index (χ1v) is 11.0. The van der Waals surface area contributed by atoms with Crippen LogP contribution < -0.4 is 14.8 Å². The molecule has 7 nitrogen and oxygen atoms in total. The molecule has 0 unspecified atom stereocenters. The summed E-state index contributed by atoms with van der Waals surface area (Å²) in [7, 11) is -0.536. The monoisotopic (exact) mass is 418 g/mol. The van der Waals surface area contributed by atoms with Gasteiger partial charge in [0.2, 0.25) is 10.0 Å². The minimum Gasteiger partial charge on any atom is -0.497 e. The Morgan fingerprint density at radius 1 is 1.03 bits per heavy atom. The van der Waals surface area contributed by atoms with Gasteiger partial charge in [-0.25, -0.2) is 8.42 Å². The van der Waals surface area contributed by atoms with Gasteiger partial charge in [0.15, 0.2) is 0 Å². The molecule has 2 aromatic rings. The van der Waals surface area contributed by atoms with Gasteiger partial charge in [-0.1, -0.05) is 12.1 Å². The maximum atomic E-state index is 12.8. The molecule has 0 aliphatic carbocycles. The summed E-state index contributed by atoms with van der Waals surface area (Å²) in [5, 5.41) is 2.84. The Bertz CT molecular complexity index is 952. The van der Waals surface area contributed by atoms with Crippen LogP contribution in [0.5, 0.6) is 11.5 Å². The van der Waals surface area contributed by atoms with Gasteiger partial charge in [-0.05, 0) is 55.2 Å². The van der Waals surface area contributed by atoms with Gasteiger partial charge in [0, 0.05) is 19.6 Å². The molecule has 8 heteroatoms. The standard InChI is InChI=1S/C21H26N2O5S/c1-27-17-7-5-16(6-8-17)11-12-22-21(24)19-15-18(9-10-20(19)28-2)29(25,26)23-13-3-4-14-23/h5-10,15H,3-4,11-14H2,1-2H3,(H,22,24). The fraction of sp³-hybridized carbons (Fsp3) is 0.381. The highest BCUT2D eigenvalue weighted by Gasteiger charge is 2.28. The Balaban J connectivity index is 1.71. The molecule has 0 radical (unpaired) electrons. The van der Waals surface area contributed by atoms with Gasteiger partial charge in [0.05, 0.1) is 24.7 Å². The van der Waals surface area contributed by atoms with Crippen LogP contribution in [0.2, 0.25) is 0 Å². The van der Waals surface area contributed by atoms with Gasteiger partial charge in [-0.3, -0.25) is 4.79 Å². The van der Waals surface area contributed by atoms with E-state index in [0.29, 0.717) is 31.8 Å². The van der Waals surface area contributed by atoms with Crippen LogP contribution in [0, 0.1) is 0 Å². The van der Waals surface area contributed by atoms with E-state index in [9.17, 15) is 13.2 Å². The lowest BCUT2D eigenvalue weighted by atomic mass is 10.1. The summed E-state index contributed by atoms with van der Waals surface area (Å²) in [6.07, 6.45) is 2.35. The second-order valence-electron chi connectivity index (χ2n) is 6.83. The Morgan fingerprint density at radius 2 is 1.72 bits per heavy atom. The summed E-state index contributed by atoms with van der Waals surface area (Å²) in [5.74, 6) is 0.750. The Labute approximate surface area is 171 Å². The van der Waals surface area contributed by atoms with Crippen LogP contribution in [0.1, 0.15) is 28.8 Å². The third kappa shape index (κ3) is 4.89. The molecule has 0 saturated carbocycles. The molecular weight excluding hydrogens is 392 g/mol. The number of carbonyl (C=O) groups is 1. The van der Waals surface area contributed by atoms with Crippen LogP contribution in [0.3, 0.4) is 0 Å². The number of nitrogens with one attached hydrogen (secondary N) is 1. The van der Waals surface area contributed by atoms with Gasteiger partial charge < -0.3 is 14.8 Å². The van der Waals surface area contributed by atoms with Crippen LogP contribution in [-0.4, -0.2) is 52.5 Å². The Morgan fingerprint density at radius 3 is 2.34 bits per heavy atom. The molecule has 156 valence electrons. The van der Waals surface area contributed by atoms with E-state index in [0.717, 1.165) is 24.2 Å². The maximum absolute atomic E-state index is 12.8. The van der Waals surface area contributed by atoms with Gasteiger partial charge in [0.1, 0.15) is 11.5 Å². The van der Waals surface area contributed by atoms with Crippen molar-refractivity contribution in [1.29, 1.82) is 0 Å². The molecule has 0 bridgehead atoms. The first-order valence-electron chi connectivity index (χ1n) is 9.55. The molecule has 1 aliphatic heterocycles. The molecule has 1 amide bonds. The molecule has 1 aliphatic rings. The zero-order chi connectivity index (χ0) is 20.9. The van der Waals surface area contributed by atoms with Crippen LogP contribution in [0.4, 0.5) is 0 Å². The summed E-state index contributed by atoms with van der Waals surface area (Å²) >= 11 is 0. The highest BCUT2D eigenvalue weighted by atomic mass is 32.2. The number of rotatable bonds is 8. The summed E-state index contributed by atoms with van der Waals surface area (Å²) in [5.41, 5.74) is 1.27. The molecule has 1 N–H and O–H groups in total. The fourth-order valence-corrected chi connectivity index (χ4v) is 4.85. The number of hydrogen-bond donors (Lipinski definition) is 1. The van der Waals surface area contributed by atoms with Crippen molar-refractivity contribution in [2.24, 2.45) is 0 Å². The lowest BCUT2D eigenvalue weighted by molar-refractivity contribution is 0.0951. The zero-order valence-corrected chi connectivity index (χ0v) is 17.5. The number of amides is 1. The van der Waals surface area contributed by atoms with Gasteiger partial charge in [-0.15, -0.1) is 0 Å². The molecule has 1 heterocycles. The summed E-state index contributed by atoms with van der Waals surface area (Å²) < 4.78 is 37.5. The van der Waals surface area contributed by atoms with E-state index in [1.807, 2.05) is 24.3 Å². The predicted octanol–water partition coefficient (Wildman–Crippen LogP) is 2.46. The van der Waals surface area contributed by atoms with Crippen molar-refractivity contribution in [3.8, 4) is 11.5 Å². The molecule has 0 atom stereocenters. The number of hydrogen-bond acceptors (Lipinski definition) is 5. The second kappa shape index (κ2) is 9.28. The lowest BCUT2D eigenvalue weighted by Crippen LogP contribution is -2.29. The van der Waals surface area contributed by atoms with E-state index >= 15 is 0 Å². The quantitative estimate of drug-likeness (QED) is 0.712. The van der Waals surface area contributed by atoms with Crippen LogP contribution in [-0.2, 0) is 16.4 Å². The van der Waals surface area contributed by atoms with E-state index in [-0.39, 0.29) is 16.4 Å². The second-order valence-corrected chi connectivity index (χ2v) is 8.77. The number of carbonyl (C=O) groups excluding carboxylic acids is 1. The van der Waals surface area contributed by atoms with Gasteiger partial charge in [0.25, 0.3) is 5.91 Å². The van der Waals surface area contributed by atoms with Crippen molar-refractivity contribution in [1.82, 2.24) is 9.62 Å². The van der Waals surface area contributed by atoms with Crippen molar-refractivity contribution in [2.45, 2.75) is 24.2 Å². The lowest BCUT2D eigenvalue weighted by Gasteiger charge is -2.17. The van der Waals surface area contributed by atoms with Gasteiger partial charge >= 0.3 is 0 Å². The molecular formula is C21H26N2O5S. The largest absolute Gasteiger partial charge is 0.497 e. The average Bonchev–Trinajstić information content (AvgIpc) is 3.29. The first kappa shape index (κ1) is 21.1. The minimum atomic E-state index is -3.60. The number of sulfonamides is 1. The highest BCUT2D eigenvalue weighted by Crippen LogP contribution is 2.26. The number of ether oxygens (including phenoxy) is 2. The Kier molecular flexibility index (Phi) is 6.76. The summed E-state index contributed by atoms with van der Waals surface area (Å²) in [6.45, 7) is 1.44. The fourth-order valence-electron chi connectivity index (χ4n) is 3.31. The third-order valence-corrected chi connectivity index (χ3v) is 6.87. The molecule has 2 aromatic carbocycles. The minimum absolute atomic E-state index is 0.112. The molecule has 29 heavy (non-hydrogen) atoms. The van der Waals surface area contributed by atoms with Crippen LogP contribution in [0.15, 0.2) is 47.4 Å². The highest BCUT2D eigenvalue weighted by molar-refractivity contribution is 7.89. The van der Waals surface area contributed by atoms with E-state index in [1.54, 1.807) is 7.11 Å². The van der Waals surface area contributed by atoms with Crippen molar-refractivity contribution < 1.29 is 22.7 Å². The normalized spacial score (nSPS) is 14.6. The molecule has 1 fully saturated rings. The SMILES string of the molecule is COc1ccc(CCNC(=O)c2cc(S(=O)(=O)N3CCCC3)ccc2OC)cc1. The van der Waals surface area contributed by atoms with Crippen LogP contribution in [0.25, 0.3) is 0 Å². The Hall–Kier alpha value is -2.58. The number of nitrogens with zero attached hydrogens (tertiary/aromatic N) is 1.